The molecular formula is C13H30N3O+. The molecular weight excluding hydrogens is 214 g/mol. The molecule has 0 radical (unpaired) electrons. The predicted molar refractivity (Wildman–Crippen MR) is 72.9 cm³/mol. The van der Waals surface area contributed by atoms with Crippen molar-refractivity contribution in [2.24, 2.45) is 0 Å². The summed E-state index contributed by atoms with van der Waals surface area (Å²) >= 11 is 0. The summed E-state index contributed by atoms with van der Waals surface area (Å²) in [5, 5.41) is 2.94. The van der Waals surface area contributed by atoms with Crippen LogP contribution < -0.4 is 5.32 Å². The Morgan fingerprint density at radius 3 is 2.29 bits per heavy atom. The lowest BCUT2D eigenvalue weighted by atomic mass is 10.2. The average molecular weight is 244 g/mol. The van der Waals surface area contributed by atoms with Gasteiger partial charge in [-0.2, -0.15) is 0 Å². The Morgan fingerprint density at radius 2 is 1.76 bits per heavy atom. The summed E-state index contributed by atoms with van der Waals surface area (Å²) in [6.45, 7) is 2.85. The van der Waals surface area contributed by atoms with Gasteiger partial charge >= 0.3 is 0 Å². The van der Waals surface area contributed by atoms with Crippen molar-refractivity contribution in [2.75, 3.05) is 54.9 Å². The number of hydrogen-bond acceptors (Lipinski definition) is 2. The Kier molecular flexibility index (Phi) is 8.17. The van der Waals surface area contributed by atoms with Crippen molar-refractivity contribution >= 4 is 5.91 Å². The van der Waals surface area contributed by atoms with E-state index in [9.17, 15) is 4.79 Å². The van der Waals surface area contributed by atoms with Gasteiger partial charge in [0.05, 0.1) is 27.7 Å². The van der Waals surface area contributed by atoms with Crippen LogP contribution >= 0.6 is 0 Å². The number of carbonyl (C=O) groups is 1. The first-order chi connectivity index (χ1) is 7.81. The molecule has 0 aromatic rings. The molecule has 0 aromatic carbocycles. The Labute approximate surface area is 107 Å². The van der Waals surface area contributed by atoms with Crippen molar-refractivity contribution in [3.63, 3.8) is 0 Å². The number of carbonyl (C=O) groups excluding carboxylic acids is 1. The second-order valence-corrected chi connectivity index (χ2v) is 5.98. The quantitative estimate of drug-likeness (QED) is 0.483. The highest BCUT2D eigenvalue weighted by Gasteiger charge is 2.06. The van der Waals surface area contributed by atoms with Gasteiger partial charge in [0.25, 0.3) is 0 Å². The molecule has 1 amide bonds. The van der Waals surface area contributed by atoms with Gasteiger partial charge < -0.3 is 14.7 Å². The Balaban J connectivity index is 3.34. The maximum atomic E-state index is 11.5. The molecule has 17 heavy (non-hydrogen) atoms. The first-order valence-corrected chi connectivity index (χ1v) is 6.53. The third-order valence-corrected chi connectivity index (χ3v) is 2.61. The van der Waals surface area contributed by atoms with Crippen LogP contribution in [0.3, 0.4) is 0 Å². The molecule has 1 N–H and O–H groups in total. The monoisotopic (exact) mass is 244 g/mol. The van der Waals surface area contributed by atoms with E-state index < -0.39 is 0 Å². The van der Waals surface area contributed by atoms with Crippen molar-refractivity contribution in [2.45, 2.75) is 25.7 Å². The highest BCUT2D eigenvalue weighted by atomic mass is 16.1. The van der Waals surface area contributed by atoms with Crippen molar-refractivity contribution < 1.29 is 9.28 Å². The smallest absolute Gasteiger partial charge is 0.220 e. The van der Waals surface area contributed by atoms with Gasteiger partial charge in [0.15, 0.2) is 0 Å². The molecule has 0 heterocycles. The van der Waals surface area contributed by atoms with E-state index in [2.05, 4.69) is 31.4 Å². The third-order valence-electron chi connectivity index (χ3n) is 2.61. The van der Waals surface area contributed by atoms with Crippen LogP contribution in [0.1, 0.15) is 25.7 Å². The van der Waals surface area contributed by atoms with E-state index in [0.717, 1.165) is 30.4 Å². The zero-order valence-corrected chi connectivity index (χ0v) is 12.3. The predicted octanol–water partition coefficient (Wildman–Crippen LogP) is 0.931. The number of rotatable bonds is 9. The summed E-state index contributed by atoms with van der Waals surface area (Å²) in [4.78, 5) is 13.5. The second-order valence-electron chi connectivity index (χ2n) is 5.98. The molecule has 0 bridgehead atoms. The van der Waals surface area contributed by atoms with E-state index in [1.165, 1.54) is 13.0 Å². The first kappa shape index (κ1) is 16.4. The number of nitrogens with one attached hydrogen (secondary N) is 1. The standard InChI is InChI=1S/C13H29N3O/c1-15(2)11-10-14-13(17)9-7-6-8-12-16(3,4)5/h6-12H2,1-5H3/p+1. The van der Waals surface area contributed by atoms with Gasteiger partial charge in [0.2, 0.25) is 5.91 Å². The molecule has 0 fully saturated rings. The summed E-state index contributed by atoms with van der Waals surface area (Å²) in [6.07, 6.45) is 4.03. The van der Waals surface area contributed by atoms with Crippen LogP contribution in [0.15, 0.2) is 0 Å². The summed E-state index contributed by atoms with van der Waals surface area (Å²) in [6, 6.07) is 0. The molecule has 0 aliphatic rings. The van der Waals surface area contributed by atoms with Gasteiger partial charge in [-0.25, -0.2) is 0 Å². The van der Waals surface area contributed by atoms with Crippen LogP contribution in [-0.4, -0.2) is 70.2 Å². The highest BCUT2D eigenvalue weighted by molar-refractivity contribution is 5.75. The number of unbranched alkanes of at least 4 members (excludes halogenated alkanes) is 2. The fourth-order valence-corrected chi connectivity index (χ4v) is 1.56. The summed E-state index contributed by atoms with van der Waals surface area (Å²) in [7, 11) is 10.6. The van der Waals surface area contributed by atoms with Crippen molar-refractivity contribution in [3.05, 3.63) is 0 Å². The molecule has 0 atom stereocenters. The average Bonchev–Trinajstić information content (AvgIpc) is 2.14. The normalized spacial score (nSPS) is 11.9. The maximum absolute atomic E-state index is 11.5. The van der Waals surface area contributed by atoms with E-state index in [1.807, 2.05) is 14.1 Å². The topological polar surface area (TPSA) is 32.3 Å². The molecule has 0 saturated carbocycles. The van der Waals surface area contributed by atoms with Crippen molar-refractivity contribution in [1.29, 1.82) is 0 Å². The molecule has 4 nitrogen and oxygen atoms in total. The van der Waals surface area contributed by atoms with Crippen LogP contribution in [0.5, 0.6) is 0 Å². The fourth-order valence-electron chi connectivity index (χ4n) is 1.56. The van der Waals surface area contributed by atoms with Crippen molar-refractivity contribution in [3.8, 4) is 0 Å². The largest absolute Gasteiger partial charge is 0.355 e. The van der Waals surface area contributed by atoms with Crippen LogP contribution in [-0.2, 0) is 4.79 Å². The zero-order chi connectivity index (χ0) is 13.3. The SMILES string of the molecule is CN(C)CCNC(=O)CCCCC[N+](C)(C)C. The summed E-state index contributed by atoms with van der Waals surface area (Å²) in [5.74, 6) is 0.192. The van der Waals surface area contributed by atoms with E-state index >= 15 is 0 Å². The van der Waals surface area contributed by atoms with Crippen LogP contribution in [0, 0.1) is 0 Å². The molecule has 4 heteroatoms. The van der Waals surface area contributed by atoms with Gasteiger partial charge in [0.1, 0.15) is 0 Å². The first-order valence-electron chi connectivity index (χ1n) is 6.53. The molecule has 0 saturated heterocycles. The molecule has 0 aliphatic carbocycles. The van der Waals surface area contributed by atoms with Gasteiger partial charge in [-0.15, -0.1) is 0 Å². The van der Waals surface area contributed by atoms with Crippen LogP contribution in [0.25, 0.3) is 0 Å². The number of quaternary nitrogens is 1. The van der Waals surface area contributed by atoms with Crippen LogP contribution in [0.2, 0.25) is 0 Å². The Hall–Kier alpha value is -0.610. The minimum absolute atomic E-state index is 0.192. The molecule has 0 aromatic heterocycles. The van der Waals surface area contributed by atoms with Gasteiger partial charge in [0, 0.05) is 19.5 Å². The molecule has 0 spiro atoms. The maximum Gasteiger partial charge on any atom is 0.220 e. The number of likely N-dealkylation sites (N-methyl/N-ethyl adjacent to an activating group) is 1. The molecule has 0 unspecified atom stereocenters. The zero-order valence-electron chi connectivity index (χ0n) is 12.3. The summed E-state index contributed by atoms with van der Waals surface area (Å²) in [5.41, 5.74) is 0. The highest BCUT2D eigenvalue weighted by Crippen LogP contribution is 2.03. The van der Waals surface area contributed by atoms with Gasteiger partial charge in [-0.3, -0.25) is 4.79 Å². The lowest BCUT2D eigenvalue weighted by Gasteiger charge is -2.23. The molecule has 102 valence electrons. The van der Waals surface area contributed by atoms with Crippen molar-refractivity contribution in [1.82, 2.24) is 10.2 Å². The van der Waals surface area contributed by atoms with E-state index in [1.54, 1.807) is 0 Å². The second kappa shape index (κ2) is 8.48. The lowest BCUT2D eigenvalue weighted by Crippen LogP contribution is -2.35. The van der Waals surface area contributed by atoms with Gasteiger partial charge in [-0.1, -0.05) is 0 Å². The van der Waals surface area contributed by atoms with E-state index in [-0.39, 0.29) is 5.91 Å². The van der Waals surface area contributed by atoms with Gasteiger partial charge in [-0.05, 0) is 33.4 Å². The molecule has 0 aliphatic heterocycles. The Morgan fingerprint density at radius 1 is 1.12 bits per heavy atom. The Bertz CT molecular complexity index is 209. The fraction of sp³-hybridized carbons (Fsp3) is 0.923. The van der Waals surface area contributed by atoms with E-state index in [4.69, 9.17) is 0 Å². The summed E-state index contributed by atoms with van der Waals surface area (Å²) < 4.78 is 1.01. The minimum Gasteiger partial charge on any atom is -0.355 e. The van der Waals surface area contributed by atoms with Crippen LogP contribution in [0.4, 0.5) is 0 Å². The lowest BCUT2D eigenvalue weighted by molar-refractivity contribution is -0.870. The minimum atomic E-state index is 0.192. The number of nitrogens with zero attached hydrogens (tertiary/aromatic N) is 2. The molecule has 0 rings (SSSR count). The number of hydrogen-bond donors (Lipinski definition) is 1. The van der Waals surface area contributed by atoms with E-state index in [0.29, 0.717) is 6.42 Å². The number of amides is 1. The third kappa shape index (κ3) is 13.3.